The molecule has 3 unspecified atom stereocenters. The van der Waals surface area contributed by atoms with Crippen LogP contribution >= 0.6 is 0 Å². The minimum atomic E-state index is -0.0601. The van der Waals surface area contributed by atoms with E-state index in [0.29, 0.717) is 17.8 Å². The van der Waals surface area contributed by atoms with Gasteiger partial charge in [0.05, 0.1) is 0 Å². The Labute approximate surface area is 129 Å². The van der Waals surface area contributed by atoms with Crippen LogP contribution in [-0.2, 0) is 9.59 Å². The zero-order valence-electron chi connectivity index (χ0n) is 14.1. The van der Waals surface area contributed by atoms with Gasteiger partial charge in [-0.3, -0.25) is 14.9 Å². The first kappa shape index (κ1) is 16.5. The number of amides is 2. The summed E-state index contributed by atoms with van der Waals surface area (Å²) < 4.78 is 0. The van der Waals surface area contributed by atoms with Gasteiger partial charge in [-0.25, -0.2) is 0 Å². The van der Waals surface area contributed by atoms with Gasteiger partial charge in [0, 0.05) is 12.3 Å². The van der Waals surface area contributed by atoms with E-state index in [-0.39, 0.29) is 23.1 Å². The highest BCUT2D eigenvalue weighted by Gasteiger charge is 2.48. The van der Waals surface area contributed by atoms with Crippen LogP contribution < -0.4 is 5.32 Å². The number of carbonyl (C=O) groups is 2. The molecular weight excluding hydrogens is 262 g/mol. The first-order valence-electron chi connectivity index (χ1n) is 8.62. The topological polar surface area (TPSA) is 46.2 Å². The van der Waals surface area contributed by atoms with E-state index in [1.54, 1.807) is 0 Å². The van der Waals surface area contributed by atoms with Crippen LogP contribution in [0.2, 0.25) is 0 Å². The van der Waals surface area contributed by atoms with Crippen molar-refractivity contribution in [1.82, 2.24) is 5.32 Å². The predicted molar refractivity (Wildman–Crippen MR) is 84.6 cm³/mol. The molecule has 1 saturated carbocycles. The number of nitrogens with one attached hydrogen (secondary N) is 1. The Morgan fingerprint density at radius 2 is 1.90 bits per heavy atom. The molecule has 1 heterocycles. The summed E-state index contributed by atoms with van der Waals surface area (Å²) in [5.41, 5.74) is 0.266. The van der Waals surface area contributed by atoms with Crippen LogP contribution in [-0.4, -0.2) is 11.8 Å². The molecule has 1 aliphatic heterocycles. The normalized spacial score (nSPS) is 34.7. The molecule has 1 aliphatic carbocycles. The maximum Gasteiger partial charge on any atom is 0.230 e. The summed E-state index contributed by atoms with van der Waals surface area (Å²) in [4.78, 5) is 24.3. The number of imide groups is 1. The summed E-state index contributed by atoms with van der Waals surface area (Å²) in [5, 5.41) is 2.57. The Balaban J connectivity index is 2.21. The van der Waals surface area contributed by atoms with Crippen LogP contribution in [0.3, 0.4) is 0 Å². The van der Waals surface area contributed by atoms with Gasteiger partial charge in [0.1, 0.15) is 0 Å². The largest absolute Gasteiger partial charge is 0.296 e. The van der Waals surface area contributed by atoms with E-state index in [1.165, 1.54) is 6.42 Å². The van der Waals surface area contributed by atoms with E-state index in [4.69, 9.17) is 0 Å². The first-order valence-corrected chi connectivity index (χ1v) is 8.62. The summed E-state index contributed by atoms with van der Waals surface area (Å²) in [6, 6.07) is 0. The zero-order chi connectivity index (χ0) is 15.7. The maximum atomic E-state index is 12.3. The van der Waals surface area contributed by atoms with Crippen molar-refractivity contribution in [2.75, 3.05) is 0 Å². The molecule has 1 spiro atoms. The molecule has 3 heteroatoms. The Morgan fingerprint density at radius 3 is 2.52 bits per heavy atom. The van der Waals surface area contributed by atoms with Gasteiger partial charge in [0.25, 0.3) is 0 Å². The second-order valence-corrected chi connectivity index (χ2v) is 8.29. The highest BCUT2D eigenvalue weighted by molar-refractivity contribution is 5.99. The smallest absolute Gasteiger partial charge is 0.230 e. The highest BCUT2D eigenvalue weighted by atomic mass is 16.2. The fourth-order valence-corrected chi connectivity index (χ4v) is 4.54. The maximum absolute atomic E-state index is 12.3. The minimum absolute atomic E-state index is 0.0118. The van der Waals surface area contributed by atoms with E-state index in [9.17, 15) is 9.59 Å². The van der Waals surface area contributed by atoms with Crippen LogP contribution in [0, 0.1) is 22.7 Å². The van der Waals surface area contributed by atoms with Gasteiger partial charge in [0.2, 0.25) is 11.8 Å². The van der Waals surface area contributed by atoms with Gasteiger partial charge in [-0.05, 0) is 48.9 Å². The van der Waals surface area contributed by atoms with Crippen molar-refractivity contribution in [1.29, 1.82) is 0 Å². The molecule has 120 valence electrons. The van der Waals surface area contributed by atoms with Gasteiger partial charge >= 0.3 is 0 Å². The predicted octanol–water partition coefficient (Wildman–Crippen LogP) is 4.06. The average Bonchev–Trinajstić information content (AvgIpc) is 2.57. The minimum Gasteiger partial charge on any atom is -0.296 e. The third-order valence-corrected chi connectivity index (χ3v) is 5.85. The molecule has 2 rings (SSSR count). The second kappa shape index (κ2) is 6.10. The second-order valence-electron chi connectivity index (χ2n) is 8.29. The summed E-state index contributed by atoms with van der Waals surface area (Å²) in [6.45, 7) is 9.08. The van der Waals surface area contributed by atoms with Crippen LogP contribution in [0.5, 0.6) is 0 Å². The van der Waals surface area contributed by atoms with Crippen molar-refractivity contribution in [2.24, 2.45) is 22.7 Å². The molecule has 0 aromatic heterocycles. The molecule has 2 fully saturated rings. The van der Waals surface area contributed by atoms with Crippen molar-refractivity contribution >= 4 is 11.8 Å². The summed E-state index contributed by atoms with van der Waals surface area (Å²) in [7, 11) is 0. The molecule has 0 radical (unpaired) electrons. The van der Waals surface area contributed by atoms with E-state index in [2.05, 4.69) is 33.0 Å². The van der Waals surface area contributed by atoms with Crippen molar-refractivity contribution in [2.45, 2.75) is 79.1 Å². The van der Waals surface area contributed by atoms with Crippen molar-refractivity contribution in [3.05, 3.63) is 0 Å². The molecular formula is C18H31NO2. The molecule has 1 saturated heterocycles. The Hall–Kier alpha value is -0.860. The van der Waals surface area contributed by atoms with Gasteiger partial charge < -0.3 is 0 Å². The number of carbonyl (C=O) groups excluding carboxylic acids is 2. The molecule has 0 aromatic rings. The fourth-order valence-electron chi connectivity index (χ4n) is 4.54. The lowest BCUT2D eigenvalue weighted by Crippen LogP contribution is -2.52. The monoisotopic (exact) mass is 293 g/mol. The standard InChI is InChI=1S/C18H31NO2/c1-5-7-14-16(21)19-15(20)12-18(14)10-6-8-13(9-11-18)17(2,3)4/h13-14H,5-12H2,1-4H3,(H,19,20,21). The van der Waals surface area contributed by atoms with Crippen molar-refractivity contribution in [3.8, 4) is 0 Å². The Kier molecular flexibility index (Phi) is 4.79. The van der Waals surface area contributed by atoms with Gasteiger partial charge in [0.15, 0.2) is 0 Å². The van der Waals surface area contributed by atoms with Crippen LogP contribution in [0.25, 0.3) is 0 Å². The average molecular weight is 293 g/mol. The Morgan fingerprint density at radius 1 is 1.19 bits per heavy atom. The molecule has 21 heavy (non-hydrogen) atoms. The molecule has 3 atom stereocenters. The Bertz CT molecular complexity index is 410. The van der Waals surface area contributed by atoms with Gasteiger partial charge in [-0.2, -0.15) is 0 Å². The number of rotatable bonds is 2. The van der Waals surface area contributed by atoms with Crippen LogP contribution in [0.15, 0.2) is 0 Å². The quantitative estimate of drug-likeness (QED) is 0.780. The van der Waals surface area contributed by atoms with Gasteiger partial charge in [-0.1, -0.05) is 40.5 Å². The van der Waals surface area contributed by atoms with E-state index in [0.717, 1.165) is 38.5 Å². The lowest BCUT2D eigenvalue weighted by molar-refractivity contribution is -0.145. The van der Waals surface area contributed by atoms with Gasteiger partial charge in [-0.15, -0.1) is 0 Å². The molecule has 1 N–H and O–H groups in total. The first-order chi connectivity index (χ1) is 9.78. The number of piperidine rings is 1. The van der Waals surface area contributed by atoms with Crippen molar-refractivity contribution < 1.29 is 9.59 Å². The number of hydrogen-bond acceptors (Lipinski definition) is 2. The van der Waals surface area contributed by atoms with E-state index in [1.807, 2.05) is 0 Å². The molecule has 2 amide bonds. The third kappa shape index (κ3) is 3.49. The van der Waals surface area contributed by atoms with E-state index >= 15 is 0 Å². The van der Waals surface area contributed by atoms with Crippen LogP contribution in [0.1, 0.15) is 79.1 Å². The summed E-state index contributed by atoms with van der Waals surface area (Å²) in [5.74, 6) is 0.682. The lowest BCUT2D eigenvalue weighted by atomic mass is 9.63. The highest BCUT2D eigenvalue weighted by Crippen LogP contribution is 2.51. The molecule has 3 nitrogen and oxygen atoms in total. The molecule has 2 aliphatic rings. The number of hydrogen-bond donors (Lipinski definition) is 1. The SMILES string of the molecule is CCCC1C(=O)NC(=O)CC12CCCC(C(C)(C)C)CC2. The lowest BCUT2D eigenvalue weighted by Gasteiger charge is -2.42. The zero-order valence-corrected chi connectivity index (χ0v) is 14.1. The van der Waals surface area contributed by atoms with E-state index < -0.39 is 0 Å². The summed E-state index contributed by atoms with van der Waals surface area (Å²) in [6.07, 6.45) is 8.12. The fraction of sp³-hybridized carbons (Fsp3) is 0.889. The summed E-state index contributed by atoms with van der Waals surface area (Å²) >= 11 is 0. The molecule has 0 bridgehead atoms. The van der Waals surface area contributed by atoms with Crippen LogP contribution in [0.4, 0.5) is 0 Å². The third-order valence-electron chi connectivity index (χ3n) is 5.85. The van der Waals surface area contributed by atoms with Crippen molar-refractivity contribution in [3.63, 3.8) is 0 Å². The molecule has 0 aromatic carbocycles.